The molecule has 5 nitrogen and oxygen atoms in total. The second-order valence-corrected chi connectivity index (χ2v) is 9.49. The summed E-state index contributed by atoms with van der Waals surface area (Å²) in [7, 11) is -3.96. The van der Waals surface area contributed by atoms with E-state index < -0.39 is 10.0 Å². The third-order valence-corrected chi connectivity index (χ3v) is 6.97. The molecule has 1 fully saturated rings. The molecule has 0 atom stereocenters. The molecule has 0 bridgehead atoms. The fourth-order valence-electron chi connectivity index (χ4n) is 3.44. The molecule has 1 aliphatic rings. The molecule has 1 aromatic rings. The Bertz CT molecular complexity index is 739. The molecule has 140 valence electrons. The van der Waals surface area contributed by atoms with Crippen molar-refractivity contribution in [1.82, 2.24) is 5.32 Å². The number of carbonyl (C=O) groups is 1. The summed E-state index contributed by atoms with van der Waals surface area (Å²) in [5.41, 5.74) is 0.583. The van der Waals surface area contributed by atoms with Crippen molar-refractivity contribution in [3.63, 3.8) is 0 Å². The molecule has 3 N–H and O–H groups in total. The number of hydrogen-bond acceptors (Lipinski definition) is 3. The Morgan fingerprint density at radius 2 is 1.88 bits per heavy atom. The van der Waals surface area contributed by atoms with Gasteiger partial charge in [0.1, 0.15) is 4.90 Å². The lowest BCUT2D eigenvalue weighted by Crippen LogP contribution is -2.40. The minimum Gasteiger partial charge on any atom is -0.349 e. The Morgan fingerprint density at radius 3 is 2.40 bits per heavy atom. The van der Waals surface area contributed by atoms with Crippen molar-refractivity contribution in [2.45, 2.75) is 63.8 Å². The van der Waals surface area contributed by atoms with Gasteiger partial charge in [-0.1, -0.05) is 38.8 Å². The van der Waals surface area contributed by atoms with Crippen LogP contribution in [0.4, 0.5) is 0 Å². The summed E-state index contributed by atoms with van der Waals surface area (Å²) >= 11 is 5.86. The van der Waals surface area contributed by atoms with Crippen LogP contribution in [0.1, 0.15) is 63.2 Å². The lowest BCUT2D eigenvalue weighted by atomic mass is 9.69. The maximum absolute atomic E-state index is 12.4. The van der Waals surface area contributed by atoms with Crippen molar-refractivity contribution >= 4 is 27.5 Å². The van der Waals surface area contributed by atoms with Crippen molar-refractivity contribution in [1.29, 1.82) is 0 Å². The number of rotatable bonds is 5. The number of nitrogens with two attached hydrogens (primary N) is 1. The summed E-state index contributed by atoms with van der Waals surface area (Å²) < 4.78 is 23.1. The fraction of sp³-hybridized carbons (Fsp3) is 0.611. The second-order valence-electron chi connectivity index (χ2n) is 7.55. The molecule has 1 aromatic carbocycles. The van der Waals surface area contributed by atoms with Crippen molar-refractivity contribution in [3.05, 3.63) is 28.8 Å². The van der Waals surface area contributed by atoms with Crippen molar-refractivity contribution in [2.75, 3.05) is 0 Å². The van der Waals surface area contributed by atoms with Crippen LogP contribution in [0.25, 0.3) is 0 Å². The number of carbonyl (C=O) groups excluding carboxylic acids is 1. The molecule has 7 heteroatoms. The SMILES string of the molecule is CCC(C)(C)C1CCC(NC(=O)c2ccc(Cl)c(S(N)(=O)=O)c2)CC1. The topological polar surface area (TPSA) is 89.3 Å². The van der Waals surface area contributed by atoms with Crippen LogP contribution in [0.3, 0.4) is 0 Å². The van der Waals surface area contributed by atoms with E-state index in [0.29, 0.717) is 11.3 Å². The zero-order chi connectivity index (χ0) is 18.8. The van der Waals surface area contributed by atoms with Gasteiger partial charge in [0.15, 0.2) is 0 Å². The Balaban J connectivity index is 2.02. The third kappa shape index (κ3) is 4.96. The van der Waals surface area contributed by atoms with Crippen molar-refractivity contribution in [2.24, 2.45) is 16.5 Å². The average Bonchev–Trinajstić information content (AvgIpc) is 2.54. The lowest BCUT2D eigenvalue weighted by Gasteiger charge is -2.39. The number of amides is 1. The van der Waals surface area contributed by atoms with E-state index >= 15 is 0 Å². The van der Waals surface area contributed by atoms with E-state index in [1.165, 1.54) is 18.2 Å². The van der Waals surface area contributed by atoms with Gasteiger partial charge in [0.2, 0.25) is 10.0 Å². The van der Waals surface area contributed by atoms with E-state index in [1.807, 2.05) is 0 Å². The number of nitrogens with one attached hydrogen (secondary N) is 1. The minimum absolute atomic E-state index is 0.0151. The first-order chi connectivity index (χ1) is 11.5. The molecule has 25 heavy (non-hydrogen) atoms. The maximum atomic E-state index is 12.4. The van der Waals surface area contributed by atoms with Gasteiger partial charge in [-0.05, 0) is 55.2 Å². The molecule has 0 aromatic heterocycles. The first-order valence-electron chi connectivity index (χ1n) is 8.68. The number of primary sulfonamides is 1. The van der Waals surface area contributed by atoms with Gasteiger partial charge in [0, 0.05) is 11.6 Å². The zero-order valence-corrected chi connectivity index (χ0v) is 16.6. The van der Waals surface area contributed by atoms with E-state index in [0.717, 1.165) is 32.1 Å². The molecule has 0 unspecified atom stereocenters. The summed E-state index contributed by atoms with van der Waals surface area (Å²) in [4.78, 5) is 12.2. The van der Waals surface area contributed by atoms with E-state index in [1.54, 1.807) is 0 Å². The van der Waals surface area contributed by atoms with E-state index in [4.69, 9.17) is 16.7 Å². The summed E-state index contributed by atoms with van der Waals surface area (Å²) in [6, 6.07) is 4.25. The Morgan fingerprint density at radius 1 is 1.28 bits per heavy atom. The highest BCUT2D eigenvalue weighted by molar-refractivity contribution is 7.89. The van der Waals surface area contributed by atoms with Crippen LogP contribution in [0, 0.1) is 11.3 Å². The predicted octanol–water partition coefficient (Wildman–Crippen LogP) is 3.71. The third-order valence-electron chi connectivity index (χ3n) is 5.58. The van der Waals surface area contributed by atoms with E-state index in [2.05, 4.69) is 26.1 Å². The maximum Gasteiger partial charge on any atom is 0.251 e. The fourth-order valence-corrected chi connectivity index (χ4v) is 4.51. The second kappa shape index (κ2) is 7.64. The Kier molecular flexibility index (Phi) is 6.17. The van der Waals surface area contributed by atoms with E-state index in [-0.39, 0.29) is 27.4 Å². The Labute approximate surface area is 155 Å². The molecule has 1 aliphatic carbocycles. The molecule has 0 saturated heterocycles. The van der Waals surface area contributed by atoms with Crippen molar-refractivity contribution in [3.8, 4) is 0 Å². The molecule has 0 spiro atoms. The predicted molar refractivity (Wildman–Crippen MR) is 100 cm³/mol. The van der Waals surface area contributed by atoms with Gasteiger partial charge in [0.05, 0.1) is 5.02 Å². The van der Waals surface area contributed by atoms with Crippen LogP contribution in [0.5, 0.6) is 0 Å². The first-order valence-corrected chi connectivity index (χ1v) is 10.6. The van der Waals surface area contributed by atoms with Crippen LogP contribution < -0.4 is 10.5 Å². The average molecular weight is 387 g/mol. The van der Waals surface area contributed by atoms with Crippen LogP contribution in [-0.2, 0) is 10.0 Å². The van der Waals surface area contributed by atoms with Gasteiger partial charge in [-0.2, -0.15) is 0 Å². The Hall–Kier alpha value is -1.11. The van der Waals surface area contributed by atoms with Crippen LogP contribution in [0.15, 0.2) is 23.1 Å². The monoisotopic (exact) mass is 386 g/mol. The molecule has 2 rings (SSSR count). The normalized spacial score (nSPS) is 21.8. The first kappa shape index (κ1) is 20.2. The number of halogens is 1. The highest BCUT2D eigenvalue weighted by Gasteiger charge is 2.32. The number of sulfonamides is 1. The largest absolute Gasteiger partial charge is 0.349 e. The smallest absolute Gasteiger partial charge is 0.251 e. The molecule has 0 heterocycles. The summed E-state index contributed by atoms with van der Waals surface area (Å²) in [6.45, 7) is 6.83. The molecule has 0 aliphatic heterocycles. The highest BCUT2D eigenvalue weighted by atomic mass is 35.5. The number of benzene rings is 1. The van der Waals surface area contributed by atoms with Gasteiger partial charge in [0.25, 0.3) is 5.91 Å². The van der Waals surface area contributed by atoms with E-state index in [9.17, 15) is 13.2 Å². The van der Waals surface area contributed by atoms with Gasteiger partial charge in [-0.15, -0.1) is 0 Å². The molecular weight excluding hydrogens is 360 g/mol. The van der Waals surface area contributed by atoms with Gasteiger partial charge >= 0.3 is 0 Å². The molecular formula is C18H27ClN2O3S. The summed E-state index contributed by atoms with van der Waals surface area (Å²) in [5, 5.41) is 8.16. The quantitative estimate of drug-likeness (QED) is 0.808. The van der Waals surface area contributed by atoms with Crippen LogP contribution in [0.2, 0.25) is 5.02 Å². The van der Waals surface area contributed by atoms with Gasteiger partial charge in [-0.25, -0.2) is 13.6 Å². The zero-order valence-electron chi connectivity index (χ0n) is 15.0. The lowest BCUT2D eigenvalue weighted by molar-refractivity contribution is 0.0893. The minimum atomic E-state index is -3.96. The number of hydrogen-bond donors (Lipinski definition) is 2. The van der Waals surface area contributed by atoms with Gasteiger partial charge < -0.3 is 5.32 Å². The molecule has 0 radical (unpaired) electrons. The van der Waals surface area contributed by atoms with Crippen LogP contribution in [-0.4, -0.2) is 20.4 Å². The van der Waals surface area contributed by atoms with Crippen LogP contribution >= 0.6 is 11.6 Å². The summed E-state index contributed by atoms with van der Waals surface area (Å²) in [5.74, 6) is 0.384. The molecule has 1 amide bonds. The summed E-state index contributed by atoms with van der Waals surface area (Å²) in [6.07, 6.45) is 5.21. The van der Waals surface area contributed by atoms with Crippen molar-refractivity contribution < 1.29 is 13.2 Å². The van der Waals surface area contributed by atoms with Gasteiger partial charge in [-0.3, -0.25) is 4.79 Å². The molecule has 1 saturated carbocycles. The standard InChI is InChI=1S/C18H27ClN2O3S/c1-4-18(2,3)13-6-8-14(9-7-13)21-17(22)12-5-10-15(19)16(11-12)25(20,23)24/h5,10-11,13-14H,4,6-9H2,1-3H3,(H,21,22)(H2,20,23,24). The highest BCUT2D eigenvalue weighted by Crippen LogP contribution is 2.40.